The first-order valence-corrected chi connectivity index (χ1v) is 36.8. The number of carbonyl (C=O) groups excluding carboxylic acids is 6. The molecule has 95 heavy (non-hydrogen) atoms. The summed E-state index contributed by atoms with van der Waals surface area (Å²) in [5.74, 6) is 2.47. The summed E-state index contributed by atoms with van der Waals surface area (Å²) in [4.78, 5) is 83.1. The SMILES string of the molecule is C=C(C)[C@@H]1CC[C@]2(C(=O)NOCc3ccccc3)CC[C@]3(C)C(CCC4[C@@]5(C)CC[C@H](OC(C)=O)[C@@](C)(COC(C)=O)C5CC[C@]43C)C12.C=C(C)[C@@H]1CC[C@]2(C(=O)OCc3ccccc3)CC[C@]3(C)C(CCC4[C@@]5(C)CC[C@H](OC(C)=O)[C@@](C)(COC(C)=O)C5CC[C@]43C)C12. The lowest BCUT2D eigenvalue weighted by Gasteiger charge is -2.73. The maximum atomic E-state index is 14.3. The van der Waals surface area contributed by atoms with Crippen LogP contribution in [0.2, 0.25) is 0 Å². The summed E-state index contributed by atoms with van der Waals surface area (Å²) >= 11 is 0. The summed E-state index contributed by atoms with van der Waals surface area (Å²) in [6.45, 7) is 40.1. The van der Waals surface area contributed by atoms with E-state index in [2.05, 4.69) is 87.9 Å². The van der Waals surface area contributed by atoms with Gasteiger partial charge in [0.1, 0.15) is 32.0 Å². The molecule has 1 amide bonds. The highest BCUT2D eigenvalue weighted by Crippen LogP contribution is 2.80. The Morgan fingerprint density at radius 1 is 0.421 bits per heavy atom. The van der Waals surface area contributed by atoms with Crippen molar-refractivity contribution in [3.8, 4) is 0 Å². The highest BCUT2D eigenvalue weighted by atomic mass is 16.7. The molecule has 12 rings (SSSR count). The molecule has 2 aromatic carbocycles. The van der Waals surface area contributed by atoms with Crippen LogP contribution in [0, 0.1) is 113 Å². The normalized spacial score (nSPS) is 43.4. The predicted molar refractivity (Wildman–Crippen MR) is 367 cm³/mol. The third-order valence-electron chi connectivity index (χ3n) is 30.7. The lowest BCUT2D eigenvalue weighted by Crippen LogP contribution is -2.68. The Morgan fingerprint density at radius 2 is 0.832 bits per heavy atom. The van der Waals surface area contributed by atoms with Gasteiger partial charge in [0.25, 0.3) is 0 Å². The molecule has 0 saturated heterocycles. The zero-order chi connectivity index (χ0) is 68.7. The quantitative estimate of drug-likeness (QED) is 0.0776. The van der Waals surface area contributed by atoms with Crippen molar-refractivity contribution in [3.05, 3.63) is 96.1 Å². The van der Waals surface area contributed by atoms with E-state index in [0.29, 0.717) is 48.7 Å². The lowest BCUT2D eigenvalue weighted by molar-refractivity contribution is -0.257. The highest BCUT2D eigenvalue weighted by Gasteiger charge is 2.75. The van der Waals surface area contributed by atoms with Crippen LogP contribution in [-0.4, -0.2) is 61.2 Å². The average Bonchev–Trinajstić information content (AvgIpc) is 1.56. The van der Waals surface area contributed by atoms with E-state index in [1.807, 2.05) is 60.7 Å². The summed E-state index contributed by atoms with van der Waals surface area (Å²) in [5.41, 5.74) is 6.04. The predicted octanol–water partition coefficient (Wildman–Crippen LogP) is 17.2. The third kappa shape index (κ3) is 11.6. The Morgan fingerprint density at radius 3 is 1.25 bits per heavy atom. The summed E-state index contributed by atoms with van der Waals surface area (Å²) < 4.78 is 29.6. The van der Waals surface area contributed by atoms with E-state index < -0.39 is 21.7 Å². The molecule has 1 N–H and O–H groups in total. The fourth-order valence-electron chi connectivity index (χ4n) is 26.0. The van der Waals surface area contributed by atoms with Crippen molar-refractivity contribution in [2.24, 2.45) is 113 Å². The van der Waals surface area contributed by atoms with Crippen LogP contribution in [0.4, 0.5) is 0 Å². The number of carbonyl (C=O) groups is 6. The number of nitrogens with one attached hydrogen (secondary N) is 1. The first-order valence-electron chi connectivity index (χ1n) is 36.8. The molecule has 10 saturated carbocycles. The van der Waals surface area contributed by atoms with Crippen molar-refractivity contribution in [1.29, 1.82) is 0 Å². The minimum absolute atomic E-state index is 0.00475. The Balaban J connectivity index is 0.000000193. The third-order valence-corrected chi connectivity index (χ3v) is 30.7. The van der Waals surface area contributed by atoms with Crippen LogP contribution in [0.25, 0.3) is 0 Å². The number of ether oxygens (including phenoxy) is 5. The standard InChI is InChI=1S/C41H59NO6.C41H58O6/c1-26(2)30-16-21-41(36(45)42-47-24-29-12-10-9-11-13-29)23-22-39(7)31(35(30)41)14-15-33-37(5)19-18-34(48-28(4)44)38(6,25-46-27(3)43)32(37)17-20-40(33,39)8;1-26(2)30-16-21-41(36(44)45-24-29-12-10-9-11-13-29)23-22-39(7)31(35(30)41)14-15-33-37(5)19-18-34(47-28(4)43)38(6,25-46-27(3)42)32(37)17-20-40(33,39)8/h9-13,30-35H,1,14-25H2,2-8H3,(H,42,45);9-13,30-35H,1,14-25H2,2-8H3/t2*30-,31?,32?,33?,34-,35?,37-,38-,39+,40+,41-/m00/s1. The van der Waals surface area contributed by atoms with Gasteiger partial charge in [-0.2, -0.15) is 0 Å². The fourth-order valence-corrected chi connectivity index (χ4v) is 26.0. The minimum Gasteiger partial charge on any atom is -0.465 e. The van der Waals surface area contributed by atoms with Crippen LogP contribution < -0.4 is 5.48 Å². The Hall–Kier alpha value is -5.30. The smallest absolute Gasteiger partial charge is 0.312 e. The van der Waals surface area contributed by atoms with Crippen molar-refractivity contribution < 1.29 is 57.3 Å². The molecule has 2 aromatic rings. The van der Waals surface area contributed by atoms with Crippen LogP contribution in [0.5, 0.6) is 0 Å². The Bertz CT molecular complexity index is 3260. The Kier molecular flexibility index (Phi) is 19.5. The van der Waals surface area contributed by atoms with Crippen molar-refractivity contribution in [1.82, 2.24) is 5.48 Å². The lowest BCUT2D eigenvalue weighted by atomic mass is 9.32. The summed E-state index contributed by atoms with van der Waals surface area (Å²) in [6, 6.07) is 20.0. The van der Waals surface area contributed by atoms with Crippen molar-refractivity contribution in [2.45, 2.75) is 251 Å². The van der Waals surface area contributed by atoms with Gasteiger partial charge >= 0.3 is 29.8 Å². The van der Waals surface area contributed by atoms with Crippen molar-refractivity contribution in [3.63, 3.8) is 0 Å². The number of hydrogen-bond acceptors (Lipinski definition) is 12. The largest absolute Gasteiger partial charge is 0.465 e. The molecule has 8 unspecified atom stereocenters. The van der Waals surface area contributed by atoms with E-state index >= 15 is 0 Å². The minimum atomic E-state index is -0.447. The molecular weight excluding hydrogens is 1190 g/mol. The molecule has 0 aromatic heterocycles. The molecule has 13 heteroatoms. The first-order chi connectivity index (χ1) is 44.7. The molecule has 0 radical (unpaired) electrons. The molecular formula is C82H117NO12. The monoisotopic (exact) mass is 1310 g/mol. The van der Waals surface area contributed by atoms with Gasteiger partial charge in [0, 0.05) is 38.5 Å². The van der Waals surface area contributed by atoms with Crippen LogP contribution in [0.15, 0.2) is 85.0 Å². The second kappa shape index (κ2) is 26.1. The number of allylic oxidation sites excluding steroid dienone is 2. The van der Waals surface area contributed by atoms with Gasteiger partial charge in [-0.05, 0) is 245 Å². The van der Waals surface area contributed by atoms with Gasteiger partial charge in [-0.3, -0.25) is 33.6 Å². The van der Waals surface area contributed by atoms with Gasteiger partial charge in [0.15, 0.2) is 0 Å². The van der Waals surface area contributed by atoms with Crippen LogP contribution >= 0.6 is 0 Å². The molecule has 10 fully saturated rings. The molecule has 0 spiro atoms. The molecule has 13 nitrogen and oxygen atoms in total. The van der Waals surface area contributed by atoms with Gasteiger partial charge in [-0.1, -0.05) is 140 Å². The second-order valence-corrected chi connectivity index (χ2v) is 34.8. The number of rotatable bonds is 15. The number of hydroxylamine groups is 1. The number of amides is 1. The molecule has 0 bridgehead atoms. The zero-order valence-electron chi connectivity index (χ0n) is 60.5. The van der Waals surface area contributed by atoms with Gasteiger partial charge in [0.05, 0.1) is 17.4 Å². The van der Waals surface area contributed by atoms with Gasteiger partial charge < -0.3 is 23.7 Å². The van der Waals surface area contributed by atoms with Gasteiger partial charge in [-0.25, -0.2) is 5.48 Å². The summed E-state index contributed by atoms with van der Waals surface area (Å²) in [7, 11) is 0. The van der Waals surface area contributed by atoms with Crippen LogP contribution in [-0.2, 0) is 70.5 Å². The van der Waals surface area contributed by atoms with Crippen molar-refractivity contribution >= 4 is 35.8 Å². The van der Waals surface area contributed by atoms with Crippen LogP contribution in [0.1, 0.15) is 236 Å². The van der Waals surface area contributed by atoms with Gasteiger partial charge in [0.2, 0.25) is 5.91 Å². The zero-order valence-corrected chi connectivity index (χ0v) is 60.5. The van der Waals surface area contributed by atoms with E-state index in [4.69, 9.17) is 28.5 Å². The summed E-state index contributed by atoms with van der Waals surface area (Å²) in [5, 5.41) is 0. The van der Waals surface area contributed by atoms with Crippen LogP contribution in [0.3, 0.4) is 0 Å². The molecule has 522 valence electrons. The molecule has 22 atom stereocenters. The second-order valence-electron chi connectivity index (χ2n) is 34.8. The fraction of sp³-hybridized carbons (Fsp3) is 0.732. The number of fused-ring (bicyclic) bond motifs is 14. The molecule has 10 aliphatic rings. The van der Waals surface area contributed by atoms with Crippen molar-refractivity contribution in [2.75, 3.05) is 13.2 Å². The highest BCUT2D eigenvalue weighted by molar-refractivity contribution is 5.83. The van der Waals surface area contributed by atoms with E-state index in [-0.39, 0.29) is 117 Å². The topological polar surface area (TPSA) is 170 Å². The van der Waals surface area contributed by atoms with E-state index in [0.717, 1.165) is 140 Å². The molecule has 0 aliphatic heterocycles. The number of benzene rings is 2. The Labute approximate surface area is 569 Å². The number of hydrogen-bond donors (Lipinski definition) is 1. The van der Waals surface area contributed by atoms with E-state index in [1.165, 1.54) is 38.8 Å². The van der Waals surface area contributed by atoms with E-state index in [1.54, 1.807) is 0 Å². The first kappa shape index (κ1) is 71.0. The number of esters is 5. The van der Waals surface area contributed by atoms with E-state index in [9.17, 15) is 28.8 Å². The summed E-state index contributed by atoms with van der Waals surface area (Å²) in [6.07, 6.45) is 19.3. The molecule has 10 aliphatic carbocycles. The maximum Gasteiger partial charge on any atom is 0.312 e. The molecule has 0 heterocycles. The maximum absolute atomic E-state index is 14.3. The van der Waals surface area contributed by atoms with Gasteiger partial charge in [-0.15, -0.1) is 0 Å². The average molecular weight is 1310 g/mol.